The van der Waals surface area contributed by atoms with Crippen LogP contribution in [0.4, 0.5) is 5.13 Å². The Morgan fingerprint density at radius 3 is 2.85 bits per heavy atom. The van der Waals surface area contributed by atoms with E-state index in [1.807, 2.05) is 29.6 Å². The van der Waals surface area contributed by atoms with Gasteiger partial charge in [0.15, 0.2) is 22.3 Å². The van der Waals surface area contributed by atoms with Gasteiger partial charge in [-0.15, -0.1) is 11.3 Å². The molecule has 0 atom stereocenters. The van der Waals surface area contributed by atoms with Crippen LogP contribution in [-0.4, -0.2) is 34.3 Å². The molecular formula is C17H12N4O3S2. The van der Waals surface area contributed by atoms with E-state index in [-0.39, 0.29) is 5.91 Å². The van der Waals surface area contributed by atoms with E-state index in [1.54, 1.807) is 17.4 Å². The van der Waals surface area contributed by atoms with E-state index < -0.39 is 0 Å². The van der Waals surface area contributed by atoms with Crippen LogP contribution in [0.25, 0.3) is 20.8 Å². The van der Waals surface area contributed by atoms with Gasteiger partial charge in [-0.25, -0.2) is 4.98 Å². The minimum atomic E-state index is -0.305. The molecule has 26 heavy (non-hydrogen) atoms. The number of carbonyl (C=O) groups is 1. The highest BCUT2D eigenvalue weighted by atomic mass is 32.1. The van der Waals surface area contributed by atoms with Gasteiger partial charge in [0, 0.05) is 12.1 Å². The maximum atomic E-state index is 12.5. The lowest BCUT2D eigenvalue weighted by molar-refractivity contribution is 0.102. The average molecular weight is 384 g/mol. The zero-order valence-electron chi connectivity index (χ0n) is 13.3. The zero-order chi connectivity index (χ0) is 17.5. The number of thiazole rings is 1. The molecule has 0 saturated heterocycles. The summed E-state index contributed by atoms with van der Waals surface area (Å²) in [5.41, 5.74) is 1.89. The third kappa shape index (κ3) is 2.71. The van der Waals surface area contributed by atoms with Gasteiger partial charge < -0.3 is 9.47 Å². The minimum absolute atomic E-state index is 0.305. The van der Waals surface area contributed by atoms with Crippen LogP contribution in [0.2, 0.25) is 0 Å². The highest BCUT2D eigenvalue weighted by molar-refractivity contribution is 7.22. The van der Waals surface area contributed by atoms with Crippen molar-refractivity contribution in [2.45, 2.75) is 0 Å². The number of benzene rings is 1. The summed E-state index contributed by atoms with van der Waals surface area (Å²) in [6, 6.07) is 9.38. The monoisotopic (exact) mass is 384 g/mol. The zero-order valence-corrected chi connectivity index (χ0v) is 14.9. The second-order valence-electron chi connectivity index (χ2n) is 5.58. The van der Waals surface area contributed by atoms with Gasteiger partial charge in [-0.3, -0.25) is 15.2 Å². The quantitative estimate of drug-likeness (QED) is 0.561. The SMILES string of the molecule is O=C(Nc1nc2cc3c(cc2s1)OCCO3)c1cc(-c2cccs2)[nH]n1. The van der Waals surface area contributed by atoms with Crippen LogP contribution in [-0.2, 0) is 0 Å². The average Bonchev–Trinajstić information content (AvgIpc) is 3.38. The van der Waals surface area contributed by atoms with Gasteiger partial charge in [0.05, 0.1) is 20.8 Å². The molecule has 1 aromatic carbocycles. The normalized spacial score (nSPS) is 13.1. The number of anilines is 1. The van der Waals surface area contributed by atoms with Crippen molar-refractivity contribution in [3.05, 3.63) is 41.4 Å². The third-order valence-electron chi connectivity index (χ3n) is 3.87. The molecule has 5 rings (SSSR count). The second-order valence-corrected chi connectivity index (χ2v) is 7.56. The molecule has 7 nitrogen and oxygen atoms in total. The molecule has 9 heteroatoms. The molecule has 0 aliphatic carbocycles. The van der Waals surface area contributed by atoms with Crippen LogP contribution in [0.15, 0.2) is 35.7 Å². The van der Waals surface area contributed by atoms with E-state index >= 15 is 0 Å². The van der Waals surface area contributed by atoms with Crippen LogP contribution in [0.5, 0.6) is 11.5 Å². The molecule has 0 radical (unpaired) electrons. The van der Waals surface area contributed by atoms with Gasteiger partial charge in [-0.1, -0.05) is 17.4 Å². The molecule has 1 amide bonds. The number of fused-ring (bicyclic) bond motifs is 2. The van der Waals surface area contributed by atoms with Gasteiger partial charge in [0.1, 0.15) is 13.2 Å². The number of nitrogens with one attached hydrogen (secondary N) is 2. The second kappa shape index (κ2) is 6.11. The van der Waals surface area contributed by atoms with Crippen molar-refractivity contribution >= 4 is 43.9 Å². The van der Waals surface area contributed by atoms with Crippen LogP contribution in [0, 0.1) is 0 Å². The molecule has 0 bridgehead atoms. The molecule has 130 valence electrons. The van der Waals surface area contributed by atoms with E-state index in [4.69, 9.17) is 9.47 Å². The number of hydrogen-bond donors (Lipinski definition) is 2. The summed E-state index contributed by atoms with van der Waals surface area (Å²) >= 11 is 2.97. The van der Waals surface area contributed by atoms with Crippen molar-refractivity contribution in [3.63, 3.8) is 0 Å². The summed E-state index contributed by atoms with van der Waals surface area (Å²) in [5.74, 6) is 1.08. The Labute approximate surface area is 155 Å². The van der Waals surface area contributed by atoms with Gasteiger partial charge in [-0.2, -0.15) is 5.10 Å². The standard InChI is InChI=1S/C17H12N4O3S2/c22-16(11-6-10(20-21-11)14-2-1-5-25-14)19-17-18-9-7-12-13(8-15(9)26-17)24-4-3-23-12/h1-2,5-8H,3-4H2,(H,20,21)(H,18,19,22). The fourth-order valence-electron chi connectivity index (χ4n) is 2.68. The van der Waals surface area contributed by atoms with Crippen molar-refractivity contribution in [2.24, 2.45) is 0 Å². The van der Waals surface area contributed by atoms with Crippen LogP contribution < -0.4 is 14.8 Å². The molecule has 0 unspecified atom stereocenters. The lowest BCUT2D eigenvalue weighted by Crippen LogP contribution is -2.15. The number of aromatic amines is 1. The Balaban J connectivity index is 1.39. The van der Waals surface area contributed by atoms with Crippen molar-refractivity contribution in [2.75, 3.05) is 18.5 Å². The Hall–Kier alpha value is -2.91. The summed E-state index contributed by atoms with van der Waals surface area (Å²) in [6.45, 7) is 1.06. The highest BCUT2D eigenvalue weighted by Crippen LogP contribution is 2.37. The predicted octanol–water partition coefficient (Wildman–Crippen LogP) is 3.77. The largest absolute Gasteiger partial charge is 0.486 e. The molecule has 1 aliphatic rings. The van der Waals surface area contributed by atoms with E-state index in [0.29, 0.717) is 35.5 Å². The third-order valence-corrected chi connectivity index (χ3v) is 5.71. The van der Waals surface area contributed by atoms with Crippen molar-refractivity contribution in [3.8, 4) is 22.1 Å². The minimum Gasteiger partial charge on any atom is -0.486 e. The van der Waals surface area contributed by atoms with E-state index in [2.05, 4.69) is 20.5 Å². The molecule has 2 N–H and O–H groups in total. The Morgan fingerprint density at radius 2 is 2.04 bits per heavy atom. The van der Waals surface area contributed by atoms with Crippen LogP contribution >= 0.6 is 22.7 Å². The fraction of sp³-hybridized carbons (Fsp3) is 0.118. The number of aromatic nitrogens is 3. The first-order valence-electron chi connectivity index (χ1n) is 7.87. The van der Waals surface area contributed by atoms with Crippen molar-refractivity contribution in [1.29, 1.82) is 0 Å². The Bertz CT molecular complexity index is 1060. The number of thiophene rings is 1. The summed E-state index contributed by atoms with van der Waals surface area (Å²) in [5, 5.41) is 12.3. The van der Waals surface area contributed by atoms with Gasteiger partial charge in [0.25, 0.3) is 5.91 Å². The Kier molecular flexibility index (Phi) is 3.61. The number of nitrogens with zero attached hydrogens (tertiary/aromatic N) is 2. The van der Waals surface area contributed by atoms with Gasteiger partial charge in [-0.05, 0) is 17.5 Å². The van der Waals surface area contributed by atoms with E-state index in [9.17, 15) is 4.79 Å². The number of carbonyl (C=O) groups excluding carboxylic acids is 1. The number of rotatable bonds is 3. The van der Waals surface area contributed by atoms with Crippen LogP contribution in [0.3, 0.4) is 0 Å². The number of amides is 1. The molecule has 4 heterocycles. The molecule has 0 spiro atoms. The van der Waals surface area contributed by atoms with E-state index in [0.717, 1.165) is 20.8 Å². The highest BCUT2D eigenvalue weighted by Gasteiger charge is 2.17. The lowest BCUT2D eigenvalue weighted by Gasteiger charge is -2.17. The molecule has 3 aromatic heterocycles. The predicted molar refractivity (Wildman–Crippen MR) is 100 cm³/mol. The Morgan fingerprint density at radius 1 is 1.19 bits per heavy atom. The first-order valence-corrected chi connectivity index (χ1v) is 9.57. The maximum Gasteiger partial charge on any atom is 0.277 e. The number of hydrogen-bond acceptors (Lipinski definition) is 7. The molecule has 4 aromatic rings. The first kappa shape index (κ1) is 15.4. The molecule has 1 aliphatic heterocycles. The van der Waals surface area contributed by atoms with Crippen molar-refractivity contribution in [1.82, 2.24) is 15.2 Å². The van der Waals surface area contributed by atoms with Gasteiger partial charge >= 0.3 is 0 Å². The molecular weight excluding hydrogens is 372 g/mol. The van der Waals surface area contributed by atoms with Crippen molar-refractivity contribution < 1.29 is 14.3 Å². The summed E-state index contributed by atoms with van der Waals surface area (Å²) in [4.78, 5) is 17.9. The summed E-state index contributed by atoms with van der Waals surface area (Å²) < 4.78 is 12.1. The smallest absolute Gasteiger partial charge is 0.277 e. The van der Waals surface area contributed by atoms with Gasteiger partial charge in [0.2, 0.25) is 0 Å². The maximum absolute atomic E-state index is 12.5. The number of ether oxygens (including phenoxy) is 2. The van der Waals surface area contributed by atoms with Crippen LogP contribution in [0.1, 0.15) is 10.5 Å². The van der Waals surface area contributed by atoms with E-state index in [1.165, 1.54) is 11.3 Å². The molecule has 0 fully saturated rings. The topological polar surface area (TPSA) is 89.1 Å². The first-order chi connectivity index (χ1) is 12.8. The molecule has 0 saturated carbocycles. The summed E-state index contributed by atoms with van der Waals surface area (Å²) in [7, 11) is 0. The summed E-state index contributed by atoms with van der Waals surface area (Å²) in [6.07, 6.45) is 0. The fourth-order valence-corrected chi connectivity index (χ4v) is 4.24. The lowest BCUT2D eigenvalue weighted by atomic mass is 10.3. The number of H-pyrrole nitrogens is 1.